The molecule has 1 aliphatic rings. The highest BCUT2D eigenvalue weighted by Crippen LogP contribution is 2.40. The molecule has 8 heteroatoms. The Balaban J connectivity index is 1.56. The van der Waals surface area contributed by atoms with Crippen LogP contribution in [0.5, 0.6) is 0 Å². The molecule has 0 spiro atoms. The predicted octanol–water partition coefficient (Wildman–Crippen LogP) is 4.47. The summed E-state index contributed by atoms with van der Waals surface area (Å²) in [5.74, 6) is 0.682. The number of thioether (sulfide) groups is 1. The number of rotatable bonds is 5. The molecule has 0 radical (unpaired) electrons. The third-order valence-electron chi connectivity index (χ3n) is 4.78. The standard InChI is InChI=1S/C19H23N5OS2/c1-11(2)24-15(8-9-22-24)23-17(25)12(3)26-18-16-13-6-4-5-7-14(13)27-19(16)21-10-20-18/h8-12H,4-7H2,1-3H3,(H,23,25)/t12-/m1/s1. The summed E-state index contributed by atoms with van der Waals surface area (Å²) in [7, 11) is 0. The van der Waals surface area contributed by atoms with Crippen molar-refractivity contribution in [2.24, 2.45) is 0 Å². The summed E-state index contributed by atoms with van der Waals surface area (Å²) in [6.45, 7) is 6.00. The lowest BCUT2D eigenvalue weighted by Crippen LogP contribution is -2.24. The van der Waals surface area contributed by atoms with Gasteiger partial charge < -0.3 is 5.32 Å². The summed E-state index contributed by atoms with van der Waals surface area (Å²) in [5, 5.41) is 9.08. The van der Waals surface area contributed by atoms with Crippen molar-refractivity contribution < 1.29 is 4.79 Å². The molecule has 0 saturated carbocycles. The van der Waals surface area contributed by atoms with E-state index < -0.39 is 0 Å². The Labute approximate surface area is 166 Å². The fraction of sp³-hybridized carbons (Fsp3) is 0.474. The van der Waals surface area contributed by atoms with Gasteiger partial charge in [-0.3, -0.25) is 4.79 Å². The molecule has 1 atom stereocenters. The van der Waals surface area contributed by atoms with E-state index in [1.165, 1.54) is 35.0 Å². The van der Waals surface area contributed by atoms with Crippen LogP contribution in [0.1, 0.15) is 50.1 Å². The van der Waals surface area contributed by atoms with Crippen molar-refractivity contribution in [1.82, 2.24) is 19.7 Å². The first-order valence-electron chi connectivity index (χ1n) is 9.31. The molecule has 142 valence electrons. The van der Waals surface area contributed by atoms with Gasteiger partial charge in [-0.1, -0.05) is 11.8 Å². The van der Waals surface area contributed by atoms with Crippen molar-refractivity contribution in [3.63, 3.8) is 0 Å². The van der Waals surface area contributed by atoms with Crippen LogP contribution in [-0.4, -0.2) is 30.9 Å². The van der Waals surface area contributed by atoms with Gasteiger partial charge >= 0.3 is 0 Å². The fourth-order valence-corrected chi connectivity index (χ4v) is 5.66. The van der Waals surface area contributed by atoms with Crippen LogP contribution in [0.25, 0.3) is 10.2 Å². The molecular weight excluding hydrogens is 378 g/mol. The Bertz CT molecular complexity index is 978. The fourth-order valence-electron chi connectivity index (χ4n) is 3.42. The average molecular weight is 402 g/mol. The number of thiophene rings is 1. The number of anilines is 1. The van der Waals surface area contributed by atoms with Crippen LogP contribution in [0.3, 0.4) is 0 Å². The first-order chi connectivity index (χ1) is 13.0. The Morgan fingerprint density at radius 2 is 2.07 bits per heavy atom. The Hall–Kier alpha value is -1.93. The van der Waals surface area contributed by atoms with E-state index in [1.807, 2.05) is 31.5 Å². The van der Waals surface area contributed by atoms with Crippen LogP contribution in [0.15, 0.2) is 23.6 Å². The summed E-state index contributed by atoms with van der Waals surface area (Å²) in [6, 6.07) is 2.02. The van der Waals surface area contributed by atoms with Crippen molar-refractivity contribution in [2.45, 2.75) is 62.8 Å². The van der Waals surface area contributed by atoms with Crippen molar-refractivity contribution in [3.8, 4) is 0 Å². The number of carbonyl (C=O) groups excluding carboxylic acids is 1. The largest absolute Gasteiger partial charge is 0.310 e. The molecule has 0 fully saturated rings. The molecule has 0 saturated heterocycles. The smallest absolute Gasteiger partial charge is 0.238 e. The molecular formula is C19H23N5OS2. The number of nitrogens with one attached hydrogen (secondary N) is 1. The number of nitrogens with zero attached hydrogens (tertiary/aromatic N) is 4. The van der Waals surface area contributed by atoms with E-state index in [0.717, 1.165) is 33.9 Å². The zero-order chi connectivity index (χ0) is 19.0. The van der Waals surface area contributed by atoms with E-state index >= 15 is 0 Å². The monoisotopic (exact) mass is 401 g/mol. The van der Waals surface area contributed by atoms with E-state index in [4.69, 9.17) is 0 Å². The summed E-state index contributed by atoms with van der Waals surface area (Å²) < 4.78 is 1.81. The summed E-state index contributed by atoms with van der Waals surface area (Å²) in [6.07, 6.45) is 8.01. The first-order valence-corrected chi connectivity index (χ1v) is 11.0. The van der Waals surface area contributed by atoms with Crippen LogP contribution in [0.4, 0.5) is 5.82 Å². The quantitative estimate of drug-likeness (QED) is 0.504. The molecule has 1 amide bonds. The molecule has 1 N–H and O–H groups in total. The molecule has 0 unspecified atom stereocenters. The minimum Gasteiger partial charge on any atom is -0.310 e. The second kappa shape index (κ2) is 7.59. The normalized spacial score (nSPS) is 15.1. The second-order valence-corrected chi connectivity index (χ2v) is 9.49. The van der Waals surface area contributed by atoms with Gasteiger partial charge in [0, 0.05) is 22.4 Å². The topological polar surface area (TPSA) is 72.7 Å². The zero-order valence-electron chi connectivity index (χ0n) is 15.7. The van der Waals surface area contributed by atoms with Crippen molar-refractivity contribution in [2.75, 3.05) is 5.32 Å². The van der Waals surface area contributed by atoms with Crippen LogP contribution in [0.2, 0.25) is 0 Å². The van der Waals surface area contributed by atoms with Gasteiger partial charge in [0.2, 0.25) is 5.91 Å². The summed E-state index contributed by atoms with van der Waals surface area (Å²) >= 11 is 3.29. The van der Waals surface area contributed by atoms with Gasteiger partial charge in [0.1, 0.15) is 22.0 Å². The first kappa shape index (κ1) is 18.4. The highest BCUT2D eigenvalue weighted by atomic mass is 32.2. The molecule has 3 heterocycles. The molecule has 0 aliphatic heterocycles. The van der Waals surface area contributed by atoms with E-state index in [9.17, 15) is 4.79 Å². The number of aryl methyl sites for hydroxylation is 2. The molecule has 0 aromatic carbocycles. The third kappa shape index (κ3) is 3.60. The molecule has 0 bridgehead atoms. The van der Waals surface area contributed by atoms with Crippen LogP contribution >= 0.6 is 23.1 Å². The van der Waals surface area contributed by atoms with Gasteiger partial charge in [-0.05, 0) is 52.0 Å². The SMILES string of the molecule is CC(C)n1nccc1NC(=O)[C@@H](C)Sc1ncnc2sc3c(c12)CCCC3. The zero-order valence-corrected chi connectivity index (χ0v) is 17.4. The number of carbonyl (C=O) groups is 1. The molecule has 3 aromatic heterocycles. The van der Waals surface area contributed by atoms with Crippen LogP contribution < -0.4 is 5.32 Å². The Kier molecular flexibility index (Phi) is 5.19. The van der Waals surface area contributed by atoms with Gasteiger partial charge in [-0.2, -0.15) is 5.10 Å². The third-order valence-corrected chi connectivity index (χ3v) is 7.09. The maximum Gasteiger partial charge on any atom is 0.238 e. The minimum absolute atomic E-state index is 0.0433. The number of aromatic nitrogens is 4. The van der Waals surface area contributed by atoms with E-state index in [-0.39, 0.29) is 17.2 Å². The summed E-state index contributed by atoms with van der Waals surface area (Å²) in [4.78, 5) is 24.2. The van der Waals surface area contributed by atoms with E-state index in [0.29, 0.717) is 0 Å². The molecule has 6 nitrogen and oxygen atoms in total. The molecule has 4 rings (SSSR count). The van der Waals surface area contributed by atoms with Gasteiger partial charge in [-0.15, -0.1) is 11.3 Å². The number of amides is 1. The lowest BCUT2D eigenvalue weighted by atomic mass is 9.97. The van der Waals surface area contributed by atoms with Crippen LogP contribution in [-0.2, 0) is 17.6 Å². The number of hydrogen-bond donors (Lipinski definition) is 1. The van der Waals surface area contributed by atoms with Crippen LogP contribution in [0, 0.1) is 0 Å². The summed E-state index contributed by atoms with van der Waals surface area (Å²) in [5.41, 5.74) is 1.40. The average Bonchev–Trinajstić information content (AvgIpc) is 3.26. The maximum absolute atomic E-state index is 12.7. The van der Waals surface area contributed by atoms with Gasteiger partial charge in [0.05, 0.1) is 11.4 Å². The van der Waals surface area contributed by atoms with Gasteiger partial charge in [0.25, 0.3) is 0 Å². The van der Waals surface area contributed by atoms with Crippen molar-refractivity contribution in [1.29, 1.82) is 0 Å². The van der Waals surface area contributed by atoms with Crippen molar-refractivity contribution >= 4 is 45.0 Å². The maximum atomic E-state index is 12.7. The molecule has 1 aliphatic carbocycles. The second-order valence-electron chi connectivity index (χ2n) is 7.07. The minimum atomic E-state index is -0.266. The molecule has 3 aromatic rings. The lowest BCUT2D eigenvalue weighted by molar-refractivity contribution is -0.115. The predicted molar refractivity (Wildman–Crippen MR) is 111 cm³/mol. The number of fused-ring (bicyclic) bond motifs is 3. The van der Waals surface area contributed by atoms with Gasteiger partial charge in [0.15, 0.2) is 0 Å². The lowest BCUT2D eigenvalue weighted by Gasteiger charge is -2.15. The number of hydrogen-bond acceptors (Lipinski definition) is 6. The highest BCUT2D eigenvalue weighted by Gasteiger charge is 2.23. The highest BCUT2D eigenvalue weighted by molar-refractivity contribution is 8.00. The van der Waals surface area contributed by atoms with E-state index in [2.05, 4.69) is 20.4 Å². The Morgan fingerprint density at radius 1 is 1.26 bits per heavy atom. The van der Waals surface area contributed by atoms with Crippen molar-refractivity contribution in [3.05, 3.63) is 29.0 Å². The van der Waals surface area contributed by atoms with Gasteiger partial charge in [-0.25, -0.2) is 14.6 Å². The van der Waals surface area contributed by atoms with E-state index in [1.54, 1.807) is 23.9 Å². The molecule has 27 heavy (non-hydrogen) atoms. The Morgan fingerprint density at radius 3 is 2.89 bits per heavy atom.